The average molecular weight is 410 g/mol. The van der Waals surface area contributed by atoms with E-state index >= 15 is 0 Å². The summed E-state index contributed by atoms with van der Waals surface area (Å²) in [5.41, 5.74) is 0.0851. The molecule has 0 saturated heterocycles. The van der Waals surface area contributed by atoms with Gasteiger partial charge in [-0.05, 0) is 24.5 Å². The molecule has 1 heterocycles. The fourth-order valence-corrected chi connectivity index (χ4v) is 3.38. The number of carbonyl (C=O) groups excluding carboxylic acids is 2. The first kappa shape index (κ1) is 18.4. The maximum absolute atomic E-state index is 12.3. The van der Waals surface area contributed by atoms with Crippen LogP contribution < -0.4 is 5.32 Å². The third-order valence-electron chi connectivity index (χ3n) is 2.76. The Balaban J connectivity index is 2.31. The molecule has 0 atom stereocenters. The van der Waals surface area contributed by atoms with E-state index in [2.05, 4.69) is 10.3 Å². The molecule has 2 amide bonds. The lowest BCUT2D eigenvalue weighted by Gasteiger charge is -2.10. The molecule has 0 unspecified atom stereocenters. The van der Waals surface area contributed by atoms with Gasteiger partial charge in [0.1, 0.15) is 5.03 Å². The maximum atomic E-state index is 12.3. The predicted molar refractivity (Wildman–Crippen MR) is 94.3 cm³/mol. The Labute approximate surface area is 156 Å². The van der Waals surface area contributed by atoms with Crippen LogP contribution in [0.2, 0.25) is 20.1 Å². The van der Waals surface area contributed by atoms with Gasteiger partial charge in [-0.1, -0.05) is 46.4 Å². The molecule has 1 N–H and O–H groups in total. The fourth-order valence-electron chi connectivity index (χ4n) is 1.71. The molecule has 1 aromatic heterocycles. The molecule has 9 heteroatoms. The summed E-state index contributed by atoms with van der Waals surface area (Å²) < 4.78 is 0. The summed E-state index contributed by atoms with van der Waals surface area (Å²) in [7, 11) is 0. The number of nitrogens with zero attached hydrogens (tertiary/aromatic N) is 1. The Kier molecular flexibility index (Phi) is 6.17. The van der Waals surface area contributed by atoms with Crippen molar-refractivity contribution in [3.05, 3.63) is 55.6 Å². The van der Waals surface area contributed by atoms with Crippen molar-refractivity contribution in [3.63, 3.8) is 0 Å². The van der Waals surface area contributed by atoms with E-state index in [1.807, 2.05) is 0 Å². The second-order valence-electron chi connectivity index (χ2n) is 4.21. The van der Waals surface area contributed by atoms with Gasteiger partial charge in [0.15, 0.2) is 0 Å². The van der Waals surface area contributed by atoms with Crippen LogP contribution in [-0.2, 0) is 0 Å². The minimum atomic E-state index is -0.742. The van der Waals surface area contributed by atoms with Crippen LogP contribution >= 0.6 is 58.2 Å². The molecule has 0 radical (unpaired) electrons. The van der Waals surface area contributed by atoms with E-state index in [4.69, 9.17) is 46.4 Å². The van der Waals surface area contributed by atoms with E-state index in [0.717, 1.165) is 0 Å². The standard InChI is InChI=1S/C14H8Cl4N2O2S/c1-23-14-11(18)10(9(17)5-19-14)13(22)20-12(21)7-3-2-6(15)4-8(7)16/h2-5H,1H3,(H,20,21,22). The summed E-state index contributed by atoms with van der Waals surface area (Å²) in [5.74, 6) is -1.43. The van der Waals surface area contributed by atoms with Gasteiger partial charge in [0.25, 0.3) is 11.8 Å². The zero-order valence-corrected chi connectivity index (χ0v) is 15.3. The van der Waals surface area contributed by atoms with E-state index < -0.39 is 11.8 Å². The van der Waals surface area contributed by atoms with Gasteiger partial charge in [0.05, 0.1) is 26.2 Å². The number of hydrogen-bond acceptors (Lipinski definition) is 4. The highest BCUT2D eigenvalue weighted by molar-refractivity contribution is 7.98. The fraction of sp³-hybridized carbons (Fsp3) is 0.0714. The largest absolute Gasteiger partial charge is 0.288 e. The number of carbonyl (C=O) groups is 2. The van der Waals surface area contributed by atoms with E-state index in [1.54, 1.807) is 6.26 Å². The number of benzene rings is 1. The van der Waals surface area contributed by atoms with Crippen molar-refractivity contribution in [1.82, 2.24) is 10.3 Å². The van der Waals surface area contributed by atoms with Crippen molar-refractivity contribution in [2.45, 2.75) is 5.03 Å². The van der Waals surface area contributed by atoms with Gasteiger partial charge in [0, 0.05) is 11.2 Å². The molecule has 0 aliphatic heterocycles. The third-order valence-corrected chi connectivity index (χ3v) is 4.78. The summed E-state index contributed by atoms with van der Waals surface area (Å²) in [6.45, 7) is 0. The van der Waals surface area contributed by atoms with Crippen LogP contribution in [0.25, 0.3) is 0 Å². The van der Waals surface area contributed by atoms with Crippen molar-refractivity contribution in [2.24, 2.45) is 0 Å². The molecule has 120 valence electrons. The quantitative estimate of drug-likeness (QED) is 0.573. The normalized spacial score (nSPS) is 10.5. The first-order valence-corrected chi connectivity index (χ1v) is 8.77. The van der Waals surface area contributed by atoms with Crippen LogP contribution in [0.4, 0.5) is 0 Å². The minimum Gasteiger partial charge on any atom is -0.288 e. The molecule has 2 aromatic rings. The summed E-state index contributed by atoms with van der Waals surface area (Å²) >= 11 is 25.0. The van der Waals surface area contributed by atoms with Gasteiger partial charge in [-0.15, -0.1) is 11.8 Å². The Bertz CT molecular complexity index is 799. The van der Waals surface area contributed by atoms with E-state index in [9.17, 15) is 9.59 Å². The molecule has 0 fully saturated rings. The highest BCUT2D eigenvalue weighted by Gasteiger charge is 2.22. The van der Waals surface area contributed by atoms with Crippen LogP contribution in [0.3, 0.4) is 0 Å². The Morgan fingerprint density at radius 2 is 1.78 bits per heavy atom. The first-order chi connectivity index (χ1) is 10.8. The molecule has 23 heavy (non-hydrogen) atoms. The number of nitrogens with one attached hydrogen (secondary N) is 1. The number of aromatic nitrogens is 1. The minimum absolute atomic E-state index is 0.0221. The summed E-state index contributed by atoms with van der Waals surface area (Å²) in [6.07, 6.45) is 3.05. The molecular weight excluding hydrogens is 402 g/mol. The topological polar surface area (TPSA) is 59.1 Å². The van der Waals surface area contributed by atoms with Crippen molar-refractivity contribution in [2.75, 3.05) is 6.26 Å². The van der Waals surface area contributed by atoms with Crippen LogP contribution in [0.15, 0.2) is 29.4 Å². The Hall–Kier alpha value is -0.980. The Morgan fingerprint density at radius 1 is 1.09 bits per heavy atom. The first-order valence-electron chi connectivity index (χ1n) is 6.04. The van der Waals surface area contributed by atoms with Gasteiger partial charge >= 0.3 is 0 Å². The van der Waals surface area contributed by atoms with E-state index in [1.165, 1.54) is 36.2 Å². The Morgan fingerprint density at radius 3 is 2.39 bits per heavy atom. The summed E-state index contributed by atoms with van der Waals surface area (Å²) in [6, 6.07) is 4.31. The number of halogens is 4. The second kappa shape index (κ2) is 7.73. The number of amides is 2. The average Bonchev–Trinajstić information content (AvgIpc) is 2.47. The second-order valence-corrected chi connectivity index (χ2v) is 6.64. The van der Waals surface area contributed by atoms with Gasteiger partial charge in [0.2, 0.25) is 0 Å². The lowest BCUT2D eigenvalue weighted by atomic mass is 10.2. The molecule has 1 aromatic carbocycles. The lowest BCUT2D eigenvalue weighted by Crippen LogP contribution is -2.31. The van der Waals surface area contributed by atoms with Gasteiger partial charge in [-0.3, -0.25) is 14.9 Å². The van der Waals surface area contributed by atoms with Crippen molar-refractivity contribution < 1.29 is 9.59 Å². The van der Waals surface area contributed by atoms with Crippen molar-refractivity contribution in [1.29, 1.82) is 0 Å². The molecule has 2 rings (SSSR count). The lowest BCUT2D eigenvalue weighted by molar-refractivity contribution is 0.0849. The highest BCUT2D eigenvalue weighted by Crippen LogP contribution is 2.31. The van der Waals surface area contributed by atoms with Gasteiger partial charge < -0.3 is 0 Å². The van der Waals surface area contributed by atoms with E-state index in [-0.39, 0.29) is 26.2 Å². The zero-order chi connectivity index (χ0) is 17.1. The predicted octanol–water partition coefficient (Wildman–Crippen LogP) is 4.99. The van der Waals surface area contributed by atoms with Crippen molar-refractivity contribution >= 4 is 70.0 Å². The number of hydrogen-bond donors (Lipinski definition) is 1. The number of rotatable bonds is 3. The molecule has 0 saturated carbocycles. The van der Waals surface area contributed by atoms with Crippen LogP contribution in [0.5, 0.6) is 0 Å². The van der Waals surface area contributed by atoms with Crippen LogP contribution in [0.1, 0.15) is 20.7 Å². The SMILES string of the molecule is CSc1ncc(Cl)c(C(=O)NC(=O)c2ccc(Cl)cc2Cl)c1Cl. The maximum Gasteiger partial charge on any atom is 0.261 e. The van der Waals surface area contributed by atoms with E-state index in [0.29, 0.717) is 10.0 Å². The number of pyridine rings is 1. The molecule has 0 aliphatic carbocycles. The van der Waals surface area contributed by atoms with Crippen LogP contribution in [0, 0.1) is 0 Å². The highest BCUT2D eigenvalue weighted by atomic mass is 35.5. The summed E-state index contributed by atoms with van der Waals surface area (Å²) in [5, 5.41) is 3.25. The molecular formula is C14H8Cl4N2O2S. The molecule has 0 spiro atoms. The summed E-state index contributed by atoms with van der Waals surface area (Å²) in [4.78, 5) is 28.5. The van der Waals surface area contributed by atoms with Crippen molar-refractivity contribution in [3.8, 4) is 0 Å². The molecule has 0 bridgehead atoms. The van der Waals surface area contributed by atoms with Gasteiger partial charge in [-0.25, -0.2) is 4.98 Å². The number of imide groups is 1. The number of thioether (sulfide) groups is 1. The molecule has 4 nitrogen and oxygen atoms in total. The molecule has 0 aliphatic rings. The smallest absolute Gasteiger partial charge is 0.261 e. The van der Waals surface area contributed by atoms with Crippen LogP contribution in [-0.4, -0.2) is 23.1 Å². The zero-order valence-electron chi connectivity index (χ0n) is 11.5. The third kappa shape index (κ3) is 4.11. The van der Waals surface area contributed by atoms with Gasteiger partial charge in [-0.2, -0.15) is 0 Å². The monoisotopic (exact) mass is 408 g/mol.